The first-order valence-corrected chi connectivity index (χ1v) is 12.2. The fraction of sp³-hybridized carbons (Fsp3) is 0.360. The van der Waals surface area contributed by atoms with Crippen molar-refractivity contribution in [3.05, 3.63) is 65.9 Å². The smallest absolute Gasteiger partial charge is 0.324 e. The van der Waals surface area contributed by atoms with E-state index >= 15 is 0 Å². The highest BCUT2D eigenvalue weighted by molar-refractivity contribution is 7.90. The predicted octanol–water partition coefficient (Wildman–Crippen LogP) is 4.31. The fourth-order valence-electron chi connectivity index (χ4n) is 4.42. The SMILES string of the molecule is CC[C@@](C)(c1cn(S(=O)(=O)c2ccc(C)cc2)c2ccccc12)C1C(=O)OC(C)(C)OC1=O. The molecule has 33 heavy (non-hydrogen) atoms. The summed E-state index contributed by atoms with van der Waals surface area (Å²) in [7, 11) is -3.92. The maximum atomic E-state index is 13.6. The van der Waals surface area contributed by atoms with Crippen molar-refractivity contribution in [3.63, 3.8) is 0 Å². The summed E-state index contributed by atoms with van der Waals surface area (Å²) in [6, 6.07) is 13.7. The van der Waals surface area contributed by atoms with Crippen molar-refractivity contribution in [2.45, 2.75) is 57.1 Å². The Labute approximate surface area is 193 Å². The number of para-hydroxylation sites is 1. The molecule has 3 aromatic rings. The molecule has 0 amide bonds. The number of hydrogen-bond donors (Lipinski definition) is 0. The van der Waals surface area contributed by atoms with Crippen LogP contribution in [-0.2, 0) is 34.5 Å². The third-order valence-corrected chi connectivity index (χ3v) is 8.09. The quantitative estimate of drug-likeness (QED) is 0.409. The molecule has 1 aliphatic rings. The summed E-state index contributed by atoms with van der Waals surface area (Å²) >= 11 is 0. The molecule has 174 valence electrons. The van der Waals surface area contributed by atoms with Gasteiger partial charge in [0.05, 0.1) is 10.4 Å². The van der Waals surface area contributed by atoms with Crippen LogP contribution in [0.2, 0.25) is 0 Å². The monoisotopic (exact) mass is 469 g/mol. The summed E-state index contributed by atoms with van der Waals surface area (Å²) in [5, 5.41) is 0.642. The van der Waals surface area contributed by atoms with Gasteiger partial charge in [-0.15, -0.1) is 0 Å². The molecule has 1 aromatic heterocycles. The van der Waals surface area contributed by atoms with Gasteiger partial charge in [0.25, 0.3) is 15.8 Å². The Morgan fingerprint density at radius 2 is 1.58 bits per heavy atom. The van der Waals surface area contributed by atoms with Crippen molar-refractivity contribution in [1.29, 1.82) is 0 Å². The van der Waals surface area contributed by atoms with E-state index in [9.17, 15) is 18.0 Å². The van der Waals surface area contributed by atoms with Gasteiger partial charge in [0.1, 0.15) is 0 Å². The average Bonchev–Trinajstić information content (AvgIpc) is 3.13. The van der Waals surface area contributed by atoms with Crippen LogP contribution in [0.25, 0.3) is 10.9 Å². The zero-order chi connectivity index (χ0) is 24.2. The Bertz CT molecular complexity index is 1330. The number of carbonyl (C=O) groups excluding carboxylic acids is 2. The highest BCUT2D eigenvalue weighted by atomic mass is 32.2. The maximum absolute atomic E-state index is 13.6. The number of aromatic nitrogens is 1. The van der Waals surface area contributed by atoms with Crippen LogP contribution in [0.5, 0.6) is 0 Å². The Morgan fingerprint density at radius 1 is 1.00 bits per heavy atom. The predicted molar refractivity (Wildman–Crippen MR) is 123 cm³/mol. The van der Waals surface area contributed by atoms with Crippen molar-refractivity contribution < 1.29 is 27.5 Å². The Morgan fingerprint density at radius 3 is 2.15 bits per heavy atom. The van der Waals surface area contributed by atoms with Crippen LogP contribution in [0.3, 0.4) is 0 Å². The number of cyclic esters (lactones) is 2. The zero-order valence-electron chi connectivity index (χ0n) is 19.3. The van der Waals surface area contributed by atoms with Gasteiger partial charge in [-0.3, -0.25) is 9.59 Å². The molecule has 0 saturated carbocycles. The molecule has 7 nitrogen and oxygen atoms in total. The first-order chi connectivity index (χ1) is 15.4. The molecule has 0 N–H and O–H groups in total. The maximum Gasteiger partial charge on any atom is 0.324 e. The van der Waals surface area contributed by atoms with Crippen molar-refractivity contribution in [2.75, 3.05) is 0 Å². The summed E-state index contributed by atoms with van der Waals surface area (Å²) in [5.41, 5.74) is 0.918. The van der Waals surface area contributed by atoms with Gasteiger partial charge in [0.2, 0.25) is 0 Å². The van der Waals surface area contributed by atoms with Crippen LogP contribution in [0.1, 0.15) is 45.2 Å². The minimum atomic E-state index is -3.92. The molecule has 0 spiro atoms. The molecule has 2 aromatic carbocycles. The summed E-state index contributed by atoms with van der Waals surface area (Å²) < 4.78 is 39.1. The van der Waals surface area contributed by atoms with Crippen LogP contribution >= 0.6 is 0 Å². The molecule has 1 fully saturated rings. The van der Waals surface area contributed by atoms with E-state index in [1.54, 1.807) is 55.5 Å². The number of hydrogen-bond acceptors (Lipinski definition) is 6. The lowest BCUT2D eigenvalue weighted by Crippen LogP contribution is -2.53. The van der Waals surface area contributed by atoms with E-state index in [2.05, 4.69) is 0 Å². The van der Waals surface area contributed by atoms with Gasteiger partial charge in [-0.25, -0.2) is 12.4 Å². The largest absolute Gasteiger partial charge is 0.422 e. The lowest BCUT2D eigenvalue weighted by Gasteiger charge is -2.40. The van der Waals surface area contributed by atoms with Gasteiger partial charge < -0.3 is 9.47 Å². The Kier molecular flexibility index (Phi) is 5.40. The topological polar surface area (TPSA) is 91.7 Å². The first kappa shape index (κ1) is 23.0. The van der Waals surface area contributed by atoms with E-state index in [4.69, 9.17) is 9.47 Å². The number of ether oxygens (including phenoxy) is 2. The Hall–Kier alpha value is -3.13. The van der Waals surface area contributed by atoms with Crippen LogP contribution in [0, 0.1) is 12.8 Å². The fourth-order valence-corrected chi connectivity index (χ4v) is 5.79. The summed E-state index contributed by atoms with van der Waals surface area (Å²) in [5.74, 6) is -3.93. The normalized spacial score (nSPS) is 18.6. The molecular formula is C25H27NO6S. The number of fused-ring (bicyclic) bond motifs is 1. The van der Waals surface area contributed by atoms with Crippen molar-refractivity contribution in [3.8, 4) is 0 Å². The zero-order valence-corrected chi connectivity index (χ0v) is 20.1. The van der Waals surface area contributed by atoms with Crippen LogP contribution in [0.15, 0.2) is 59.6 Å². The third kappa shape index (κ3) is 3.72. The van der Waals surface area contributed by atoms with E-state index < -0.39 is 39.1 Å². The van der Waals surface area contributed by atoms with Crippen LogP contribution < -0.4 is 0 Å². The van der Waals surface area contributed by atoms with Gasteiger partial charge in [0.15, 0.2) is 5.92 Å². The first-order valence-electron chi connectivity index (χ1n) is 10.8. The number of carbonyl (C=O) groups is 2. The van der Waals surface area contributed by atoms with Gasteiger partial charge >= 0.3 is 11.9 Å². The van der Waals surface area contributed by atoms with E-state index in [1.807, 2.05) is 13.8 Å². The lowest BCUT2D eigenvalue weighted by molar-refractivity contribution is -0.243. The van der Waals surface area contributed by atoms with Crippen LogP contribution in [0.4, 0.5) is 0 Å². The van der Waals surface area contributed by atoms with E-state index in [1.165, 1.54) is 24.0 Å². The minimum absolute atomic E-state index is 0.150. The average molecular weight is 470 g/mol. The molecule has 8 heteroatoms. The Balaban J connectivity index is 1.93. The molecule has 1 aliphatic heterocycles. The van der Waals surface area contributed by atoms with E-state index in [0.29, 0.717) is 22.9 Å². The van der Waals surface area contributed by atoms with Crippen molar-refractivity contribution in [1.82, 2.24) is 3.97 Å². The third-order valence-electron chi connectivity index (χ3n) is 6.41. The molecule has 0 unspecified atom stereocenters. The minimum Gasteiger partial charge on any atom is -0.422 e. The molecule has 2 heterocycles. The molecule has 4 rings (SSSR count). The van der Waals surface area contributed by atoms with Gasteiger partial charge in [-0.2, -0.15) is 0 Å². The van der Waals surface area contributed by atoms with Gasteiger partial charge in [-0.1, -0.05) is 49.7 Å². The number of aryl methyl sites for hydroxylation is 1. The summed E-state index contributed by atoms with van der Waals surface area (Å²) in [6.07, 6.45) is 1.89. The summed E-state index contributed by atoms with van der Waals surface area (Å²) in [4.78, 5) is 26.0. The summed E-state index contributed by atoms with van der Waals surface area (Å²) in [6.45, 7) is 8.50. The number of esters is 2. The standard InChI is InChI=1S/C25H27NO6S/c1-6-25(5,21-22(27)31-24(3,4)32-23(21)28)19-15-26(20-10-8-7-9-18(19)20)33(29,30)17-13-11-16(2)12-14-17/h7-15,21H,6H2,1-5H3/t25-/m0/s1. The van der Waals surface area contributed by atoms with E-state index in [0.717, 1.165) is 5.56 Å². The van der Waals surface area contributed by atoms with Gasteiger partial charge in [0, 0.05) is 30.8 Å². The number of rotatable bonds is 5. The molecular weight excluding hydrogens is 442 g/mol. The number of nitrogens with zero attached hydrogens (tertiary/aromatic N) is 1. The second-order valence-electron chi connectivity index (χ2n) is 9.12. The highest BCUT2D eigenvalue weighted by Crippen LogP contribution is 2.44. The lowest BCUT2D eigenvalue weighted by atomic mass is 9.69. The molecule has 0 radical (unpaired) electrons. The van der Waals surface area contributed by atoms with Gasteiger partial charge in [-0.05, 0) is 37.1 Å². The second kappa shape index (κ2) is 7.73. The van der Waals surface area contributed by atoms with E-state index in [-0.39, 0.29) is 4.90 Å². The molecule has 0 aliphatic carbocycles. The molecule has 0 bridgehead atoms. The molecule has 1 saturated heterocycles. The highest BCUT2D eigenvalue weighted by Gasteiger charge is 2.53. The van der Waals surface area contributed by atoms with Crippen molar-refractivity contribution in [2.24, 2.45) is 5.92 Å². The number of benzene rings is 2. The van der Waals surface area contributed by atoms with Crippen molar-refractivity contribution >= 4 is 32.9 Å². The van der Waals surface area contributed by atoms with Crippen LogP contribution in [-0.4, -0.2) is 30.1 Å². The molecule has 1 atom stereocenters. The second-order valence-corrected chi connectivity index (χ2v) is 10.9.